The number of benzene rings is 1. The lowest BCUT2D eigenvalue weighted by Crippen LogP contribution is -2.33. The number of nitrogens with zero attached hydrogens (tertiary/aromatic N) is 3. The van der Waals surface area contributed by atoms with Crippen LogP contribution in [0.5, 0.6) is 5.75 Å². The van der Waals surface area contributed by atoms with E-state index in [1.165, 1.54) is 24.1 Å². The highest BCUT2D eigenvalue weighted by molar-refractivity contribution is 5.99. The van der Waals surface area contributed by atoms with Crippen LogP contribution in [0.15, 0.2) is 48.8 Å². The van der Waals surface area contributed by atoms with Crippen molar-refractivity contribution < 1.29 is 31.8 Å². The molecule has 2 aromatic heterocycles. The highest BCUT2D eigenvalue weighted by atomic mass is 19.4. The topological polar surface area (TPSA) is 78.3 Å². The molecule has 1 atom stereocenters. The Morgan fingerprint density at radius 3 is 2.65 bits per heavy atom. The summed E-state index contributed by atoms with van der Waals surface area (Å²) in [6, 6.07) is 7.28. The van der Waals surface area contributed by atoms with Crippen molar-refractivity contribution in [1.29, 1.82) is 0 Å². The second-order valence-electron chi connectivity index (χ2n) is 6.46. The van der Waals surface area contributed by atoms with Gasteiger partial charge in [-0.3, -0.25) is 14.5 Å². The Bertz CT molecular complexity index is 1050. The number of hydrogen-bond donors (Lipinski definition) is 1. The van der Waals surface area contributed by atoms with Crippen LogP contribution in [0.2, 0.25) is 0 Å². The summed E-state index contributed by atoms with van der Waals surface area (Å²) >= 11 is 0. The maximum Gasteiger partial charge on any atom is 0.573 e. The Labute approximate surface area is 174 Å². The fourth-order valence-electron chi connectivity index (χ4n) is 2.97. The lowest BCUT2D eigenvalue weighted by Gasteiger charge is -2.20. The summed E-state index contributed by atoms with van der Waals surface area (Å²) in [7, 11) is 2.95. The molecule has 0 radical (unpaired) electrons. The van der Waals surface area contributed by atoms with E-state index in [1.807, 2.05) is 0 Å². The van der Waals surface area contributed by atoms with Gasteiger partial charge in [-0.05, 0) is 29.8 Å². The fraction of sp³-hybridized carbons (Fsp3) is 0.250. The van der Waals surface area contributed by atoms with Crippen LogP contribution in [0.4, 0.5) is 17.6 Å². The van der Waals surface area contributed by atoms with Crippen LogP contribution in [0, 0.1) is 5.82 Å². The number of carbonyl (C=O) groups excluding carboxylic acids is 1. The summed E-state index contributed by atoms with van der Waals surface area (Å²) in [5.41, 5.74) is 1.42. The highest BCUT2D eigenvalue weighted by Crippen LogP contribution is 2.28. The van der Waals surface area contributed by atoms with Gasteiger partial charge in [-0.2, -0.15) is 5.10 Å². The van der Waals surface area contributed by atoms with E-state index >= 15 is 0 Å². The van der Waals surface area contributed by atoms with E-state index in [-0.39, 0.29) is 17.9 Å². The maximum absolute atomic E-state index is 14.1. The van der Waals surface area contributed by atoms with Crippen molar-refractivity contribution in [3.8, 4) is 17.0 Å². The van der Waals surface area contributed by atoms with Gasteiger partial charge in [-0.25, -0.2) is 4.39 Å². The van der Waals surface area contributed by atoms with Crippen molar-refractivity contribution in [3.05, 3.63) is 65.9 Å². The number of hydrogen-bond acceptors (Lipinski definition) is 5. The third-order valence-corrected chi connectivity index (χ3v) is 4.32. The Morgan fingerprint density at radius 2 is 2.03 bits per heavy atom. The van der Waals surface area contributed by atoms with E-state index in [4.69, 9.17) is 4.74 Å². The molecule has 0 saturated carbocycles. The van der Waals surface area contributed by atoms with Crippen LogP contribution in [-0.2, 0) is 11.8 Å². The van der Waals surface area contributed by atoms with Crippen molar-refractivity contribution in [1.82, 2.24) is 20.1 Å². The second kappa shape index (κ2) is 9.13. The number of carbonyl (C=O) groups is 1. The van der Waals surface area contributed by atoms with Gasteiger partial charge in [0.25, 0.3) is 5.91 Å². The van der Waals surface area contributed by atoms with Gasteiger partial charge in [0, 0.05) is 20.4 Å². The molecule has 2 heterocycles. The number of aryl methyl sites for hydroxylation is 1. The molecule has 1 aromatic carbocycles. The molecule has 31 heavy (non-hydrogen) atoms. The minimum atomic E-state index is -5.02. The number of nitrogens with one attached hydrogen (secondary N) is 1. The van der Waals surface area contributed by atoms with Crippen LogP contribution in [0.1, 0.15) is 22.1 Å². The van der Waals surface area contributed by atoms with Gasteiger partial charge in [0.05, 0.1) is 30.1 Å². The molecule has 0 bridgehead atoms. The zero-order chi connectivity index (χ0) is 22.6. The van der Waals surface area contributed by atoms with Crippen LogP contribution in [-0.4, -0.2) is 40.8 Å². The molecule has 0 aliphatic rings. The molecule has 164 valence electrons. The van der Waals surface area contributed by atoms with E-state index < -0.39 is 29.9 Å². The molecule has 1 unspecified atom stereocenters. The maximum atomic E-state index is 14.1. The van der Waals surface area contributed by atoms with Crippen molar-refractivity contribution >= 4 is 5.91 Å². The van der Waals surface area contributed by atoms with Crippen LogP contribution < -0.4 is 10.1 Å². The predicted octanol–water partition coefficient (Wildman–Crippen LogP) is 3.64. The lowest BCUT2D eigenvalue weighted by molar-refractivity contribution is -0.275. The molecule has 11 heteroatoms. The van der Waals surface area contributed by atoms with E-state index in [2.05, 4.69) is 20.1 Å². The normalized spacial score (nSPS) is 12.5. The van der Waals surface area contributed by atoms with Crippen molar-refractivity contribution in [2.24, 2.45) is 7.05 Å². The molecule has 3 rings (SSSR count). The Hall–Kier alpha value is -3.47. The Morgan fingerprint density at radius 1 is 1.26 bits per heavy atom. The molecule has 0 spiro atoms. The molecule has 3 aromatic rings. The zero-order valence-electron chi connectivity index (χ0n) is 16.5. The average molecular weight is 438 g/mol. The van der Waals surface area contributed by atoms with Crippen molar-refractivity contribution in [2.75, 3.05) is 13.7 Å². The third-order valence-electron chi connectivity index (χ3n) is 4.32. The highest BCUT2D eigenvalue weighted by Gasteiger charge is 2.32. The number of halogens is 4. The fourth-order valence-corrected chi connectivity index (χ4v) is 2.97. The average Bonchev–Trinajstić information content (AvgIpc) is 3.10. The van der Waals surface area contributed by atoms with Crippen LogP contribution in [0.3, 0.4) is 0 Å². The monoisotopic (exact) mass is 438 g/mol. The van der Waals surface area contributed by atoms with E-state index in [0.29, 0.717) is 11.3 Å². The first-order valence-corrected chi connectivity index (χ1v) is 8.98. The Kier molecular flexibility index (Phi) is 6.54. The number of alkyl halides is 3. The van der Waals surface area contributed by atoms with Crippen molar-refractivity contribution in [2.45, 2.75) is 12.4 Å². The summed E-state index contributed by atoms with van der Waals surface area (Å²) in [5, 5.41) is 6.80. The van der Waals surface area contributed by atoms with Gasteiger partial charge in [0.2, 0.25) is 0 Å². The van der Waals surface area contributed by atoms with Gasteiger partial charge in [0.1, 0.15) is 5.69 Å². The summed E-state index contributed by atoms with van der Waals surface area (Å²) in [5.74, 6) is -2.73. The number of aromatic nitrogens is 3. The molecule has 0 fully saturated rings. The molecule has 0 aliphatic heterocycles. The van der Waals surface area contributed by atoms with Gasteiger partial charge in [-0.1, -0.05) is 12.1 Å². The molecular weight excluding hydrogens is 420 g/mol. The molecule has 0 saturated heterocycles. The van der Waals surface area contributed by atoms with Crippen LogP contribution in [0.25, 0.3) is 11.3 Å². The first-order chi connectivity index (χ1) is 14.7. The summed E-state index contributed by atoms with van der Waals surface area (Å²) in [6.07, 6.45) is -1.96. The number of methoxy groups -OCH3 is 1. The molecule has 1 N–H and O–H groups in total. The van der Waals surface area contributed by atoms with Crippen LogP contribution >= 0.6 is 0 Å². The summed E-state index contributed by atoms with van der Waals surface area (Å²) < 4.78 is 61.3. The summed E-state index contributed by atoms with van der Waals surface area (Å²) in [4.78, 5) is 17.2. The minimum Gasteiger partial charge on any atom is -0.403 e. The van der Waals surface area contributed by atoms with E-state index in [0.717, 1.165) is 12.1 Å². The standard InChI is InChI=1S/C20H18F4N4O3/c1-28-18(13(10-26-28)15-5-3-4-8-25-15)19(29)27-16(11-30-2)12-6-7-17(14(21)9-12)31-20(22,23)24/h3-10,16H,11H2,1-2H3,(H,27,29). The molecular formula is C20H18F4N4O3. The largest absolute Gasteiger partial charge is 0.573 e. The minimum absolute atomic E-state index is 0.0541. The Balaban J connectivity index is 1.87. The number of amides is 1. The van der Waals surface area contributed by atoms with E-state index in [1.54, 1.807) is 31.4 Å². The first kappa shape index (κ1) is 22.2. The molecule has 1 amide bonds. The predicted molar refractivity (Wildman–Crippen MR) is 102 cm³/mol. The van der Waals surface area contributed by atoms with Crippen molar-refractivity contribution in [3.63, 3.8) is 0 Å². The second-order valence-corrected chi connectivity index (χ2v) is 6.46. The molecule has 7 nitrogen and oxygen atoms in total. The first-order valence-electron chi connectivity index (χ1n) is 8.98. The van der Waals surface area contributed by atoms with Gasteiger partial charge < -0.3 is 14.8 Å². The SMILES string of the molecule is COCC(NC(=O)c1c(-c2ccccn2)cnn1C)c1ccc(OC(F)(F)F)c(F)c1. The number of rotatable bonds is 7. The van der Waals surface area contributed by atoms with E-state index in [9.17, 15) is 22.4 Å². The van der Waals surface area contributed by atoms with Gasteiger partial charge in [0.15, 0.2) is 11.6 Å². The number of ether oxygens (including phenoxy) is 2. The molecule has 0 aliphatic carbocycles. The lowest BCUT2D eigenvalue weighted by atomic mass is 10.1. The summed E-state index contributed by atoms with van der Waals surface area (Å²) in [6.45, 7) is -0.0541. The number of pyridine rings is 1. The smallest absolute Gasteiger partial charge is 0.403 e. The zero-order valence-corrected chi connectivity index (χ0v) is 16.5. The van der Waals surface area contributed by atoms with Gasteiger partial charge in [-0.15, -0.1) is 13.2 Å². The van der Waals surface area contributed by atoms with Gasteiger partial charge >= 0.3 is 6.36 Å². The quantitative estimate of drug-likeness (QED) is 0.570. The third kappa shape index (κ3) is 5.37.